The standard InChI is InChI=1S/C15H18N4O/c1-17-10-5-11-19(13-7-4-3-6-12(13)17)15(20)14-8-9-16-18(14)2/h3-4,6-9H,5,10-11H2,1-2H3. The van der Waals surface area contributed by atoms with Crippen LogP contribution in [0.3, 0.4) is 0 Å². The van der Waals surface area contributed by atoms with Gasteiger partial charge in [0.25, 0.3) is 5.91 Å². The fourth-order valence-corrected chi connectivity index (χ4v) is 2.66. The summed E-state index contributed by atoms with van der Waals surface area (Å²) in [5.41, 5.74) is 2.68. The van der Waals surface area contributed by atoms with Crippen molar-refractivity contribution in [3.8, 4) is 0 Å². The van der Waals surface area contributed by atoms with E-state index in [1.807, 2.05) is 23.1 Å². The largest absolute Gasteiger partial charge is 0.373 e. The Balaban J connectivity index is 2.03. The molecular weight excluding hydrogens is 252 g/mol. The second kappa shape index (κ2) is 5.00. The zero-order valence-corrected chi connectivity index (χ0v) is 11.8. The number of aromatic nitrogens is 2. The maximum atomic E-state index is 12.8. The first-order chi connectivity index (χ1) is 9.68. The zero-order chi connectivity index (χ0) is 14.1. The average molecular weight is 270 g/mol. The van der Waals surface area contributed by atoms with Crippen LogP contribution in [0, 0.1) is 0 Å². The van der Waals surface area contributed by atoms with E-state index in [1.165, 1.54) is 0 Å². The summed E-state index contributed by atoms with van der Waals surface area (Å²) in [7, 11) is 3.86. The lowest BCUT2D eigenvalue weighted by atomic mass is 10.2. The number of anilines is 2. The van der Waals surface area contributed by atoms with Gasteiger partial charge in [-0.1, -0.05) is 12.1 Å². The predicted octanol–water partition coefficient (Wildman–Crippen LogP) is 1.91. The summed E-state index contributed by atoms with van der Waals surface area (Å²) in [4.78, 5) is 16.8. The quantitative estimate of drug-likeness (QED) is 0.795. The Kier molecular flexibility index (Phi) is 3.18. The fraction of sp³-hybridized carbons (Fsp3) is 0.333. The molecule has 20 heavy (non-hydrogen) atoms. The number of hydrogen-bond donors (Lipinski definition) is 0. The first kappa shape index (κ1) is 12.7. The monoisotopic (exact) mass is 270 g/mol. The molecule has 2 aromatic rings. The summed E-state index contributed by atoms with van der Waals surface area (Å²) in [6.45, 7) is 1.68. The molecule has 1 aliphatic heterocycles. The van der Waals surface area contributed by atoms with Crippen LogP contribution in [0.1, 0.15) is 16.9 Å². The smallest absolute Gasteiger partial charge is 0.276 e. The molecule has 0 saturated heterocycles. The van der Waals surface area contributed by atoms with Crippen LogP contribution in [0.25, 0.3) is 0 Å². The summed E-state index contributed by atoms with van der Waals surface area (Å²) in [5.74, 6) is 0.00718. The molecule has 0 radical (unpaired) electrons. The van der Waals surface area contributed by atoms with E-state index in [1.54, 1.807) is 24.0 Å². The van der Waals surface area contributed by atoms with Crippen molar-refractivity contribution < 1.29 is 4.79 Å². The molecule has 0 aliphatic carbocycles. The van der Waals surface area contributed by atoms with Crippen LogP contribution in [0.4, 0.5) is 11.4 Å². The molecule has 3 rings (SSSR count). The van der Waals surface area contributed by atoms with Gasteiger partial charge >= 0.3 is 0 Å². The third-order valence-corrected chi connectivity index (χ3v) is 3.74. The van der Waals surface area contributed by atoms with Crippen molar-refractivity contribution >= 4 is 17.3 Å². The van der Waals surface area contributed by atoms with Gasteiger partial charge in [0, 0.05) is 33.4 Å². The fourth-order valence-electron chi connectivity index (χ4n) is 2.66. The molecule has 0 unspecified atom stereocenters. The van der Waals surface area contributed by atoms with Crippen molar-refractivity contribution in [2.75, 3.05) is 29.9 Å². The molecule has 1 amide bonds. The number of hydrogen-bond acceptors (Lipinski definition) is 3. The normalized spacial score (nSPS) is 14.9. The molecule has 0 bridgehead atoms. The van der Waals surface area contributed by atoms with Gasteiger partial charge in [-0.3, -0.25) is 9.48 Å². The van der Waals surface area contributed by atoms with E-state index in [0.29, 0.717) is 5.69 Å². The second-order valence-electron chi connectivity index (χ2n) is 5.06. The molecule has 0 spiro atoms. The van der Waals surface area contributed by atoms with Crippen LogP contribution in [0.2, 0.25) is 0 Å². The molecule has 1 aromatic carbocycles. The van der Waals surface area contributed by atoms with Crippen molar-refractivity contribution in [2.45, 2.75) is 6.42 Å². The highest BCUT2D eigenvalue weighted by molar-refractivity contribution is 6.06. The zero-order valence-electron chi connectivity index (χ0n) is 11.8. The first-order valence-corrected chi connectivity index (χ1v) is 6.78. The van der Waals surface area contributed by atoms with Gasteiger partial charge < -0.3 is 9.80 Å². The van der Waals surface area contributed by atoms with Crippen LogP contribution in [0.5, 0.6) is 0 Å². The molecule has 2 heterocycles. The van der Waals surface area contributed by atoms with Gasteiger partial charge in [-0.15, -0.1) is 0 Å². The Morgan fingerprint density at radius 1 is 1.10 bits per heavy atom. The Hall–Kier alpha value is -2.30. The molecule has 5 nitrogen and oxygen atoms in total. The Bertz CT molecular complexity index is 634. The highest BCUT2D eigenvalue weighted by Gasteiger charge is 2.25. The van der Waals surface area contributed by atoms with Gasteiger partial charge in [-0.25, -0.2) is 0 Å². The van der Waals surface area contributed by atoms with E-state index < -0.39 is 0 Å². The van der Waals surface area contributed by atoms with Crippen molar-refractivity contribution in [1.29, 1.82) is 0 Å². The maximum absolute atomic E-state index is 12.8. The first-order valence-electron chi connectivity index (χ1n) is 6.78. The number of benzene rings is 1. The summed E-state index contributed by atoms with van der Waals surface area (Å²) in [6, 6.07) is 9.81. The summed E-state index contributed by atoms with van der Waals surface area (Å²) >= 11 is 0. The van der Waals surface area contributed by atoms with E-state index in [-0.39, 0.29) is 5.91 Å². The lowest BCUT2D eigenvalue weighted by Crippen LogP contribution is -2.33. The minimum absolute atomic E-state index is 0.00718. The van der Waals surface area contributed by atoms with Crippen molar-refractivity contribution in [3.05, 3.63) is 42.2 Å². The number of para-hydroxylation sites is 2. The van der Waals surface area contributed by atoms with Crippen LogP contribution in [-0.4, -0.2) is 35.8 Å². The molecule has 0 fully saturated rings. The number of fused-ring (bicyclic) bond motifs is 1. The molecule has 104 valence electrons. The van der Waals surface area contributed by atoms with E-state index in [0.717, 1.165) is 30.9 Å². The van der Waals surface area contributed by atoms with E-state index in [9.17, 15) is 4.79 Å². The Labute approximate surface area is 118 Å². The molecular formula is C15H18N4O. The Morgan fingerprint density at radius 2 is 1.85 bits per heavy atom. The predicted molar refractivity (Wildman–Crippen MR) is 79.2 cm³/mol. The molecule has 0 N–H and O–H groups in total. The van der Waals surface area contributed by atoms with Crippen LogP contribution in [0.15, 0.2) is 36.5 Å². The van der Waals surface area contributed by atoms with Gasteiger partial charge in [0.15, 0.2) is 0 Å². The van der Waals surface area contributed by atoms with E-state index in [4.69, 9.17) is 0 Å². The van der Waals surface area contributed by atoms with Gasteiger partial charge in [0.2, 0.25) is 0 Å². The summed E-state index contributed by atoms with van der Waals surface area (Å²) < 4.78 is 1.62. The topological polar surface area (TPSA) is 41.4 Å². The molecule has 5 heteroatoms. The van der Waals surface area contributed by atoms with Crippen molar-refractivity contribution in [1.82, 2.24) is 9.78 Å². The molecule has 1 aliphatic rings. The number of carbonyl (C=O) groups excluding carboxylic acids is 1. The molecule has 0 saturated carbocycles. The Morgan fingerprint density at radius 3 is 2.55 bits per heavy atom. The van der Waals surface area contributed by atoms with Crippen molar-refractivity contribution in [3.63, 3.8) is 0 Å². The molecule has 0 atom stereocenters. The van der Waals surface area contributed by atoms with Crippen LogP contribution < -0.4 is 9.80 Å². The number of rotatable bonds is 1. The number of carbonyl (C=O) groups is 1. The third kappa shape index (κ3) is 2.05. The number of aryl methyl sites for hydroxylation is 1. The van der Waals surface area contributed by atoms with Gasteiger partial charge in [0.1, 0.15) is 5.69 Å². The van der Waals surface area contributed by atoms with Gasteiger partial charge in [-0.05, 0) is 24.6 Å². The van der Waals surface area contributed by atoms with Gasteiger partial charge in [-0.2, -0.15) is 5.10 Å². The lowest BCUT2D eigenvalue weighted by Gasteiger charge is -2.24. The average Bonchev–Trinajstić information content (AvgIpc) is 2.81. The lowest BCUT2D eigenvalue weighted by molar-refractivity contribution is 0.0978. The number of nitrogens with zero attached hydrogens (tertiary/aromatic N) is 4. The third-order valence-electron chi connectivity index (χ3n) is 3.74. The van der Waals surface area contributed by atoms with Crippen LogP contribution >= 0.6 is 0 Å². The summed E-state index contributed by atoms with van der Waals surface area (Å²) in [5, 5.41) is 4.09. The minimum atomic E-state index is 0.00718. The second-order valence-corrected chi connectivity index (χ2v) is 5.06. The SMILES string of the molecule is CN1CCCN(C(=O)c2ccnn2C)c2ccccc21. The van der Waals surface area contributed by atoms with E-state index in [2.05, 4.69) is 23.1 Å². The van der Waals surface area contributed by atoms with Crippen LogP contribution in [-0.2, 0) is 7.05 Å². The minimum Gasteiger partial charge on any atom is -0.373 e. The van der Waals surface area contributed by atoms with E-state index >= 15 is 0 Å². The summed E-state index contributed by atoms with van der Waals surface area (Å²) in [6.07, 6.45) is 2.61. The highest BCUT2D eigenvalue weighted by Crippen LogP contribution is 2.32. The van der Waals surface area contributed by atoms with Crippen molar-refractivity contribution in [2.24, 2.45) is 7.05 Å². The molecule has 1 aromatic heterocycles. The van der Waals surface area contributed by atoms with Gasteiger partial charge in [0.05, 0.1) is 11.4 Å². The highest BCUT2D eigenvalue weighted by atomic mass is 16.2. The number of amides is 1. The maximum Gasteiger partial charge on any atom is 0.276 e.